The number of rotatable bonds is 4. The smallest absolute Gasteiger partial charge is 0.258 e. The van der Waals surface area contributed by atoms with Crippen LogP contribution in [0.4, 0.5) is 5.69 Å². The Balaban J connectivity index is 1.80. The van der Waals surface area contributed by atoms with E-state index in [4.69, 9.17) is 10.00 Å². The van der Waals surface area contributed by atoms with Crippen molar-refractivity contribution >= 4 is 21.6 Å². The van der Waals surface area contributed by atoms with Crippen LogP contribution in [-0.4, -0.2) is 52.0 Å². The molecule has 0 unspecified atom stereocenters. The number of hydrogen-bond acceptors (Lipinski definition) is 5. The van der Waals surface area contributed by atoms with Gasteiger partial charge in [-0.3, -0.25) is 4.79 Å². The molecule has 1 saturated heterocycles. The Bertz CT molecular complexity index is 975. The molecule has 27 heavy (non-hydrogen) atoms. The topological polar surface area (TPSA) is 90.7 Å². The Kier molecular flexibility index (Phi) is 5.56. The zero-order valence-corrected chi connectivity index (χ0v) is 15.6. The molecule has 1 aliphatic rings. The minimum absolute atomic E-state index is 0.148. The summed E-state index contributed by atoms with van der Waals surface area (Å²) in [5.74, 6) is -0.291. The van der Waals surface area contributed by atoms with Gasteiger partial charge in [-0.2, -0.15) is 9.57 Å². The Morgan fingerprint density at radius 3 is 2.44 bits per heavy atom. The highest BCUT2D eigenvalue weighted by molar-refractivity contribution is 7.89. The third-order valence-electron chi connectivity index (χ3n) is 4.38. The molecule has 8 heteroatoms. The number of nitriles is 1. The average molecular weight is 385 g/mol. The second-order valence-corrected chi connectivity index (χ2v) is 8.01. The van der Waals surface area contributed by atoms with E-state index < -0.39 is 10.0 Å². The van der Waals surface area contributed by atoms with Gasteiger partial charge in [0.05, 0.1) is 29.7 Å². The van der Waals surface area contributed by atoms with Crippen LogP contribution in [0.2, 0.25) is 0 Å². The summed E-state index contributed by atoms with van der Waals surface area (Å²) in [7, 11) is -1.99. The molecule has 1 heterocycles. The maximum absolute atomic E-state index is 12.7. The molecule has 2 aromatic rings. The van der Waals surface area contributed by atoms with Crippen molar-refractivity contribution in [1.82, 2.24) is 4.31 Å². The Labute approximate surface area is 158 Å². The van der Waals surface area contributed by atoms with Gasteiger partial charge in [-0.1, -0.05) is 6.07 Å². The van der Waals surface area contributed by atoms with Gasteiger partial charge in [0.1, 0.15) is 0 Å². The highest BCUT2D eigenvalue weighted by Crippen LogP contribution is 2.20. The maximum Gasteiger partial charge on any atom is 0.258 e. The first-order valence-corrected chi connectivity index (χ1v) is 9.83. The molecule has 7 nitrogen and oxygen atoms in total. The first-order valence-electron chi connectivity index (χ1n) is 8.39. The van der Waals surface area contributed by atoms with Crippen molar-refractivity contribution in [3.8, 4) is 6.07 Å². The lowest BCUT2D eigenvalue weighted by atomic mass is 10.1. The summed E-state index contributed by atoms with van der Waals surface area (Å²) >= 11 is 0. The Morgan fingerprint density at radius 2 is 1.81 bits per heavy atom. The van der Waals surface area contributed by atoms with Gasteiger partial charge >= 0.3 is 0 Å². The second-order valence-electron chi connectivity index (χ2n) is 6.07. The lowest BCUT2D eigenvalue weighted by molar-refractivity contribution is 0.0730. The van der Waals surface area contributed by atoms with E-state index in [0.717, 1.165) is 0 Å². The fraction of sp³-hybridized carbons (Fsp3) is 0.263. The summed E-state index contributed by atoms with van der Waals surface area (Å²) < 4.78 is 31.8. The molecule has 0 spiro atoms. The summed E-state index contributed by atoms with van der Waals surface area (Å²) in [6.07, 6.45) is 0. The van der Waals surface area contributed by atoms with Gasteiger partial charge in [0, 0.05) is 31.4 Å². The molecule has 1 amide bonds. The standard InChI is InChI=1S/C19H19N3O4S/c1-21(17-4-2-3-15(13-17)14-20)19(23)16-5-7-18(8-6-16)27(24,25)22-9-11-26-12-10-22/h2-8,13H,9-12H2,1H3. The lowest BCUT2D eigenvalue weighted by Crippen LogP contribution is -2.40. The van der Waals surface area contributed by atoms with Crippen molar-refractivity contribution in [3.63, 3.8) is 0 Å². The average Bonchev–Trinajstić information content (AvgIpc) is 2.73. The van der Waals surface area contributed by atoms with Crippen LogP contribution in [-0.2, 0) is 14.8 Å². The van der Waals surface area contributed by atoms with Crippen LogP contribution in [0.3, 0.4) is 0 Å². The van der Waals surface area contributed by atoms with Crippen molar-refractivity contribution in [2.24, 2.45) is 0 Å². The Morgan fingerprint density at radius 1 is 1.15 bits per heavy atom. The number of benzene rings is 2. The van der Waals surface area contributed by atoms with E-state index in [1.165, 1.54) is 33.5 Å². The SMILES string of the molecule is CN(C(=O)c1ccc(S(=O)(=O)N2CCOCC2)cc1)c1cccc(C#N)c1. The molecule has 0 saturated carbocycles. The number of amides is 1. The molecule has 0 bridgehead atoms. The lowest BCUT2D eigenvalue weighted by Gasteiger charge is -2.26. The van der Waals surface area contributed by atoms with E-state index in [1.54, 1.807) is 31.3 Å². The van der Waals surface area contributed by atoms with Crippen LogP contribution in [0, 0.1) is 11.3 Å². The van der Waals surface area contributed by atoms with Gasteiger partial charge in [-0.15, -0.1) is 0 Å². The van der Waals surface area contributed by atoms with E-state index in [-0.39, 0.29) is 10.8 Å². The van der Waals surface area contributed by atoms with E-state index in [1.807, 2.05) is 6.07 Å². The monoisotopic (exact) mass is 385 g/mol. The first kappa shape index (κ1) is 19.0. The van der Waals surface area contributed by atoms with Gasteiger partial charge in [0.2, 0.25) is 10.0 Å². The summed E-state index contributed by atoms with van der Waals surface area (Å²) in [4.78, 5) is 14.2. The van der Waals surface area contributed by atoms with Gasteiger partial charge in [0.15, 0.2) is 0 Å². The summed E-state index contributed by atoms with van der Waals surface area (Å²) in [5.41, 5.74) is 1.41. The van der Waals surface area contributed by atoms with Crippen LogP contribution < -0.4 is 4.90 Å². The molecular weight excluding hydrogens is 366 g/mol. The van der Waals surface area contributed by atoms with Crippen LogP contribution in [0.15, 0.2) is 53.4 Å². The number of carbonyl (C=O) groups excluding carboxylic acids is 1. The predicted molar refractivity (Wildman–Crippen MR) is 99.9 cm³/mol. The minimum Gasteiger partial charge on any atom is -0.379 e. The number of morpholine rings is 1. The molecule has 1 aliphatic heterocycles. The third kappa shape index (κ3) is 4.01. The molecule has 0 aliphatic carbocycles. The van der Waals surface area contributed by atoms with Crippen molar-refractivity contribution in [2.75, 3.05) is 38.3 Å². The third-order valence-corrected chi connectivity index (χ3v) is 6.29. The number of nitrogens with zero attached hydrogens (tertiary/aromatic N) is 3. The summed E-state index contributed by atoms with van der Waals surface area (Å²) in [5, 5.41) is 8.99. The molecule has 2 aromatic carbocycles. The molecular formula is C19H19N3O4S. The highest BCUT2D eigenvalue weighted by atomic mass is 32.2. The molecule has 1 fully saturated rings. The van der Waals surface area contributed by atoms with Crippen LogP contribution in [0.5, 0.6) is 0 Å². The van der Waals surface area contributed by atoms with Gasteiger partial charge in [-0.25, -0.2) is 8.42 Å². The zero-order chi connectivity index (χ0) is 19.4. The van der Waals surface area contributed by atoms with Crippen molar-refractivity contribution < 1.29 is 17.9 Å². The number of anilines is 1. The normalized spacial score (nSPS) is 15.1. The van der Waals surface area contributed by atoms with E-state index in [0.29, 0.717) is 43.1 Å². The predicted octanol–water partition coefficient (Wildman–Crippen LogP) is 1.86. The van der Waals surface area contributed by atoms with Crippen molar-refractivity contribution in [3.05, 3.63) is 59.7 Å². The van der Waals surface area contributed by atoms with E-state index in [9.17, 15) is 13.2 Å². The number of ether oxygens (including phenoxy) is 1. The Hall–Kier alpha value is -2.73. The fourth-order valence-corrected chi connectivity index (χ4v) is 4.21. The summed E-state index contributed by atoms with van der Waals surface area (Å²) in [6, 6.07) is 14.6. The minimum atomic E-state index is -3.59. The number of carbonyl (C=O) groups is 1. The molecule has 140 valence electrons. The van der Waals surface area contributed by atoms with Crippen molar-refractivity contribution in [1.29, 1.82) is 5.26 Å². The van der Waals surface area contributed by atoms with Gasteiger partial charge in [-0.05, 0) is 42.5 Å². The quantitative estimate of drug-likeness (QED) is 0.801. The first-order chi connectivity index (χ1) is 12.9. The van der Waals surface area contributed by atoms with Crippen molar-refractivity contribution in [2.45, 2.75) is 4.90 Å². The molecule has 0 atom stereocenters. The molecule has 0 radical (unpaired) electrons. The van der Waals surface area contributed by atoms with E-state index >= 15 is 0 Å². The fourth-order valence-electron chi connectivity index (χ4n) is 2.80. The highest BCUT2D eigenvalue weighted by Gasteiger charge is 2.26. The second kappa shape index (κ2) is 7.88. The molecule has 0 aromatic heterocycles. The summed E-state index contributed by atoms with van der Waals surface area (Å²) in [6.45, 7) is 1.40. The zero-order valence-electron chi connectivity index (χ0n) is 14.8. The van der Waals surface area contributed by atoms with Crippen LogP contribution in [0.1, 0.15) is 15.9 Å². The number of hydrogen-bond donors (Lipinski definition) is 0. The van der Waals surface area contributed by atoms with Gasteiger partial charge in [0.25, 0.3) is 5.91 Å². The number of sulfonamides is 1. The maximum atomic E-state index is 12.7. The van der Waals surface area contributed by atoms with E-state index in [2.05, 4.69) is 0 Å². The largest absolute Gasteiger partial charge is 0.379 e. The molecule has 0 N–H and O–H groups in total. The van der Waals surface area contributed by atoms with Crippen LogP contribution in [0.25, 0.3) is 0 Å². The van der Waals surface area contributed by atoms with Crippen LogP contribution >= 0.6 is 0 Å². The molecule has 3 rings (SSSR count). The van der Waals surface area contributed by atoms with Gasteiger partial charge < -0.3 is 9.64 Å².